The lowest BCUT2D eigenvalue weighted by atomic mass is 9.83. The molecular weight excluding hydrogens is 302 g/mol. The number of anilines is 1. The average Bonchev–Trinajstić information content (AvgIpc) is 2.88. The Morgan fingerprint density at radius 1 is 1.38 bits per heavy atom. The molecule has 2 aromatic rings. The molecule has 0 fully saturated rings. The summed E-state index contributed by atoms with van der Waals surface area (Å²) in [6.07, 6.45) is 2.31. The molecule has 0 spiro atoms. The lowest BCUT2D eigenvalue weighted by molar-refractivity contribution is -0.116. The van der Waals surface area contributed by atoms with Gasteiger partial charge in [0.25, 0.3) is 0 Å². The Morgan fingerprint density at radius 3 is 2.79 bits per heavy atom. The predicted molar refractivity (Wildman–Crippen MR) is 94.7 cm³/mol. The largest absolute Gasteiger partial charge is 0.494 e. The van der Waals surface area contributed by atoms with Crippen LogP contribution in [0.3, 0.4) is 0 Å². The highest BCUT2D eigenvalue weighted by atomic mass is 16.5. The van der Waals surface area contributed by atoms with Crippen molar-refractivity contribution in [3.8, 4) is 5.75 Å². The molecule has 24 heavy (non-hydrogen) atoms. The van der Waals surface area contributed by atoms with Crippen LogP contribution in [0.1, 0.15) is 61.3 Å². The van der Waals surface area contributed by atoms with Crippen molar-refractivity contribution in [1.29, 1.82) is 0 Å². The van der Waals surface area contributed by atoms with E-state index in [1.807, 2.05) is 20.2 Å². The molecule has 1 unspecified atom stereocenters. The van der Waals surface area contributed by atoms with Crippen molar-refractivity contribution in [2.24, 2.45) is 7.05 Å². The third kappa shape index (κ3) is 2.79. The first-order chi connectivity index (χ1) is 11.4. The summed E-state index contributed by atoms with van der Waals surface area (Å²) in [5.41, 5.74) is 4.61. The van der Waals surface area contributed by atoms with Crippen molar-refractivity contribution in [3.63, 3.8) is 0 Å². The molecule has 1 aromatic carbocycles. The Balaban J connectivity index is 2.12. The Labute approximate surface area is 143 Å². The molecule has 1 atom stereocenters. The molecule has 2 heterocycles. The zero-order chi connectivity index (χ0) is 17.4. The van der Waals surface area contributed by atoms with Crippen molar-refractivity contribution in [2.75, 3.05) is 11.9 Å². The van der Waals surface area contributed by atoms with Crippen molar-refractivity contribution >= 4 is 11.7 Å². The fourth-order valence-corrected chi connectivity index (χ4v) is 3.44. The molecule has 5 nitrogen and oxygen atoms in total. The van der Waals surface area contributed by atoms with Gasteiger partial charge in [0.05, 0.1) is 12.8 Å². The van der Waals surface area contributed by atoms with E-state index >= 15 is 0 Å². The lowest BCUT2D eigenvalue weighted by Crippen LogP contribution is -2.24. The zero-order valence-electron chi connectivity index (χ0n) is 15.0. The molecule has 1 aliphatic rings. The number of rotatable bonds is 4. The maximum absolute atomic E-state index is 12.2. The molecule has 0 radical (unpaired) electrons. The van der Waals surface area contributed by atoms with Crippen molar-refractivity contribution in [3.05, 3.63) is 40.6 Å². The number of hydrogen-bond donors (Lipinski definition) is 1. The van der Waals surface area contributed by atoms with Gasteiger partial charge in [-0.3, -0.25) is 9.48 Å². The van der Waals surface area contributed by atoms with E-state index in [9.17, 15) is 4.79 Å². The quantitative estimate of drug-likeness (QED) is 0.931. The highest BCUT2D eigenvalue weighted by molar-refractivity contribution is 5.94. The summed E-state index contributed by atoms with van der Waals surface area (Å²) in [5.74, 6) is 2.18. The number of fused-ring (bicyclic) bond motifs is 1. The molecule has 0 aliphatic carbocycles. The second kappa shape index (κ2) is 6.30. The summed E-state index contributed by atoms with van der Waals surface area (Å²) in [4.78, 5) is 12.2. The molecule has 5 heteroatoms. The van der Waals surface area contributed by atoms with Crippen molar-refractivity contribution in [1.82, 2.24) is 9.78 Å². The van der Waals surface area contributed by atoms with Gasteiger partial charge in [-0.1, -0.05) is 19.9 Å². The summed E-state index contributed by atoms with van der Waals surface area (Å²) < 4.78 is 7.55. The zero-order valence-corrected chi connectivity index (χ0v) is 15.0. The van der Waals surface area contributed by atoms with E-state index in [0.717, 1.165) is 22.7 Å². The predicted octanol–water partition coefficient (Wildman–Crippen LogP) is 3.72. The number of aromatic nitrogens is 2. The maximum Gasteiger partial charge on any atom is 0.226 e. The average molecular weight is 327 g/mol. The van der Waals surface area contributed by atoms with Gasteiger partial charge in [0.1, 0.15) is 11.6 Å². The van der Waals surface area contributed by atoms with E-state index in [2.05, 4.69) is 43.3 Å². The Morgan fingerprint density at radius 2 is 2.12 bits per heavy atom. The van der Waals surface area contributed by atoms with Gasteiger partial charge in [0.15, 0.2) is 0 Å². The Hall–Kier alpha value is -2.30. The molecule has 1 N–H and O–H groups in total. The minimum Gasteiger partial charge on any atom is -0.494 e. The van der Waals surface area contributed by atoms with E-state index < -0.39 is 0 Å². The van der Waals surface area contributed by atoms with E-state index in [4.69, 9.17) is 4.74 Å². The van der Waals surface area contributed by atoms with Crippen LogP contribution in [0.25, 0.3) is 0 Å². The summed E-state index contributed by atoms with van der Waals surface area (Å²) in [7, 11) is 1.85. The van der Waals surface area contributed by atoms with Gasteiger partial charge in [-0.25, -0.2) is 0 Å². The second-order valence-electron chi connectivity index (χ2n) is 6.71. The third-order valence-corrected chi connectivity index (χ3v) is 4.69. The maximum atomic E-state index is 12.2. The van der Waals surface area contributed by atoms with Gasteiger partial charge < -0.3 is 10.1 Å². The molecule has 0 saturated carbocycles. The number of hydrogen-bond acceptors (Lipinski definition) is 3. The molecule has 1 aliphatic heterocycles. The van der Waals surface area contributed by atoms with E-state index in [-0.39, 0.29) is 11.8 Å². The van der Waals surface area contributed by atoms with Gasteiger partial charge in [-0.05, 0) is 42.5 Å². The third-order valence-electron chi connectivity index (χ3n) is 4.69. The normalized spacial score (nSPS) is 16.9. The Kier molecular flexibility index (Phi) is 4.35. The number of nitrogens with one attached hydrogen (secondary N) is 1. The molecule has 1 amide bonds. The van der Waals surface area contributed by atoms with Crippen LogP contribution in [0.5, 0.6) is 5.75 Å². The monoisotopic (exact) mass is 327 g/mol. The number of amides is 1. The first-order valence-electron chi connectivity index (χ1n) is 8.51. The first-order valence-corrected chi connectivity index (χ1v) is 8.51. The van der Waals surface area contributed by atoms with Crippen LogP contribution in [0.15, 0.2) is 18.3 Å². The minimum atomic E-state index is 0.0375. The summed E-state index contributed by atoms with van der Waals surface area (Å²) in [5, 5.41) is 7.25. The molecule has 1 aromatic heterocycles. The number of aryl methyl sites for hydroxylation is 2. The van der Waals surface area contributed by atoms with Gasteiger partial charge in [-0.2, -0.15) is 5.10 Å². The highest BCUT2D eigenvalue weighted by Crippen LogP contribution is 2.41. The fourth-order valence-electron chi connectivity index (χ4n) is 3.44. The van der Waals surface area contributed by atoms with Gasteiger partial charge >= 0.3 is 0 Å². The summed E-state index contributed by atoms with van der Waals surface area (Å²) in [6, 6.07) is 4.32. The van der Waals surface area contributed by atoms with Crippen LogP contribution in [0, 0.1) is 6.92 Å². The standard InChI is InChI=1S/C19H25N3O2/c1-6-24-17-7-12(4)14(8-13(17)11(2)3)15-9-18(23)21-19-16(15)10-20-22(19)5/h7-8,10-11,15H,6,9H2,1-5H3,(H,21,23). The summed E-state index contributed by atoms with van der Waals surface area (Å²) >= 11 is 0. The van der Waals surface area contributed by atoms with Crippen LogP contribution in [-0.4, -0.2) is 22.3 Å². The summed E-state index contributed by atoms with van der Waals surface area (Å²) in [6.45, 7) is 9.07. The van der Waals surface area contributed by atoms with Crippen molar-refractivity contribution in [2.45, 2.75) is 46.0 Å². The molecule has 0 bridgehead atoms. The number of nitrogens with zero attached hydrogens (tertiary/aromatic N) is 2. The van der Waals surface area contributed by atoms with Crippen LogP contribution in [0.2, 0.25) is 0 Å². The SMILES string of the molecule is CCOc1cc(C)c(C2CC(=O)Nc3c2cnn3C)cc1C(C)C. The smallest absolute Gasteiger partial charge is 0.226 e. The highest BCUT2D eigenvalue weighted by Gasteiger charge is 2.31. The van der Waals surface area contributed by atoms with Crippen molar-refractivity contribution < 1.29 is 9.53 Å². The van der Waals surface area contributed by atoms with Gasteiger partial charge in [-0.15, -0.1) is 0 Å². The van der Waals surface area contributed by atoms with Crippen LogP contribution in [0.4, 0.5) is 5.82 Å². The molecule has 128 valence electrons. The van der Waals surface area contributed by atoms with Gasteiger partial charge in [0, 0.05) is 24.9 Å². The van der Waals surface area contributed by atoms with E-state index in [1.165, 1.54) is 11.1 Å². The van der Waals surface area contributed by atoms with E-state index in [0.29, 0.717) is 18.9 Å². The Bertz CT molecular complexity index is 777. The van der Waals surface area contributed by atoms with Gasteiger partial charge in [0.2, 0.25) is 5.91 Å². The number of carbonyl (C=O) groups is 1. The molecular formula is C19H25N3O2. The molecule has 3 rings (SSSR count). The van der Waals surface area contributed by atoms with Crippen LogP contribution in [-0.2, 0) is 11.8 Å². The number of ether oxygens (including phenoxy) is 1. The van der Waals surface area contributed by atoms with Crippen LogP contribution < -0.4 is 10.1 Å². The second-order valence-corrected chi connectivity index (χ2v) is 6.71. The molecule has 0 saturated heterocycles. The van der Waals surface area contributed by atoms with Crippen LogP contribution >= 0.6 is 0 Å². The van der Waals surface area contributed by atoms with E-state index in [1.54, 1.807) is 4.68 Å². The first kappa shape index (κ1) is 16.6. The number of carbonyl (C=O) groups excluding carboxylic acids is 1. The fraction of sp³-hybridized carbons (Fsp3) is 0.474. The minimum absolute atomic E-state index is 0.0375. The number of benzene rings is 1. The lowest BCUT2D eigenvalue weighted by Gasteiger charge is -2.26. The topological polar surface area (TPSA) is 56.1 Å².